The van der Waals surface area contributed by atoms with Gasteiger partial charge in [0.15, 0.2) is 0 Å². The van der Waals surface area contributed by atoms with Crippen LogP contribution in [-0.4, -0.2) is 31.6 Å². The summed E-state index contributed by atoms with van der Waals surface area (Å²) in [5.41, 5.74) is 6.21. The van der Waals surface area contributed by atoms with Crippen LogP contribution in [0.5, 0.6) is 11.5 Å². The minimum absolute atomic E-state index is 0.0387. The summed E-state index contributed by atoms with van der Waals surface area (Å²) in [6, 6.07) is 5.06. The summed E-state index contributed by atoms with van der Waals surface area (Å²) in [6.45, 7) is 4.33. The van der Waals surface area contributed by atoms with E-state index < -0.39 is 11.9 Å². The maximum absolute atomic E-state index is 12.7. The fourth-order valence-electron chi connectivity index (χ4n) is 3.67. The molecule has 1 aliphatic carbocycles. The molecule has 0 unspecified atom stereocenters. The van der Waals surface area contributed by atoms with Crippen molar-refractivity contribution in [1.29, 1.82) is 0 Å². The summed E-state index contributed by atoms with van der Waals surface area (Å²) < 4.78 is 11.0. The highest BCUT2D eigenvalue weighted by Gasteiger charge is 2.61. The predicted molar refractivity (Wildman–Crippen MR) is 88.9 cm³/mol. The highest BCUT2D eigenvalue weighted by molar-refractivity contribution is 5.90. The molecular weight excluding hydrogens is 308 g/mol. The second-order valence-corrected chi connectivity index (χ2v) is 7.01. The zero-order valence-corrected chi connectivity index (χ0v) is 14.3. The Hall–Kier alpha value is -2.24. The van der Waals surface area contributed by atoms with Crippen LogP contribution in [-0.2, 0) is 15.0 Å². The van der Waals surface area contributed by atoms with E-state index in [1.165, 1.54) is 0 Å². The highest BCUT2D eigenvalue weighted by atomic mass is 16.5. The number of ether oxygens (including phenoxy) is 2. The average Bonchev–Trinajstić information content (AvgIpc) is 3.26. The molecule has 1 aromatic rings. The van der Waals surface area contributed by atoms with Crippen LogP contribution in [0.15, 0.2) is 18.2 Å². The molecule has 3 N–H and O–H groups in total. The van der Waals surface area contributed by atoms with Gasteiger partial charge in [-0.3, -0.25) is 9.59 Å². The fraction of sp³-hybridized carbons (Fsp3) is 0.556. The Kier molecular flexibility index (Phi) is 4.15. The second-order valence-electron chi connectivity index (χ2n) is 7.01. The van der Waals surface area contributed by atoms with Gasteiger partial charge in [-0.25, -0.2) is 0 Å². The average molecular weight is 332 g/mol. The zero-order valence-electron chi connectivity index (χ0n) is 14.3. The molecule has 2 aliphatic rings. The molecule has 1 aromatic carbocycles. The lowest BCUT2D eigenvalue weighted by Gasteiger charge is -2.28. The number of carbonyl (C=O) groups excluding carboxylic acids is 2. The minimum Gasteiger partial charge on any atom is -0.497 e. The van der Waals surface area contributed by atoms with Gasteiger partial charge in [-0.05, 0) is 37.0 Å². The van der Waals surface area contributed by atoms with Crippen LogP contribution in [0, 0.1) is 11.8 Å². The van der Waals surface area contributed by atoms with Crippen molar-refractivity contribution in [3.05, 3.63) is 23.8 Å². The van der Waals surface area contributed by atoms with Gasteiger partial charge in [0.25, 0.3) is 0 Å². The topological polar surface area (TPSA) is 90.7 Å². The van der Waals surface area contributed by atoms with Gasteiger partial charge in [0.05, 0.1) is 13.7 Å². The first-order chi connectivity index (χ1) is 11.4. The van der Waals surface area contributed by atoms with Gasteiger partial charge >= 0.3 is 0 Å². The van der Waals surface area contributed by atoms with E-state index in [9.17, 15) is 9.59 Å². The van der Waals surface area contributed by atoms with Crippen LogP contribution in [0.3, 0.4) is 0 Å². The maximum atomic E-state index is 12.7. The molecule has 2 amide bonds. The first-order valence-corrected chi connectivity index (χ1v) is 8.30. The first-order valence-electron chi connectivity index (χ1n) is 8.30. The first kappa shape index (κ1) is 16.6. The Bertz CT molecular complexity index is 673. The molecule has 1 spiro atoms. The van der Waals surface area contributed by atoms with Crippen molar-refractivity contribution in [2.24, 2.45) is 17.6 Å². The number of fused-ring (bicyclic) bond motifs is 2. The highest BCUT2D eigenvalue weighted by Crippen LogP contribution is 2.61. The number of rotatable bonds is 5. The van der Waals surface area contributed by atoms with Crippen LogP contribution in [0.4, 0.5) is 0 Å². The number of amides is 2. The Morgan fingerprint density at radius 2 is 2.17 bits per heavy atom. The van der Waals surface area contributed by atoms with E-state index in [0.29, 0.717) is 6.61 Å². The van der Waals surface area contributed by atoms with Crippen LogP contribution >= 0.6 is 0 Å². The number of hydrogen-bond acceptors (Lipinski definition) is 4. The molecule has 24 heavy (non-hydrogen) atoms. The lowest BCUT2D eigenvalue weighted by molar-refractivity contribution is -0.129. The summed E-state index contributed by atoms with van der Waals surface area (Å²) in [6.07, 6.45) is 1.54. The van der Waals surface area contributed by atoms with Crippen molar-refractivity contribution in [2.45, 2.75) is 38.1 Å². The van der Waals surface area contributed by atoms with E-state index in [1.807, 2.05) is 32.0 Å². The van der Waals surface area contributed by atoms with Crippen molar-refractivity contribution in [3.8, 4) is 11.5 Å². The Labute approximate surface area is 141 Å². The quantitative estimate of drug-likeness (QED) is 0.852. The van der Waals surface area contributed by atoms with Crippen LogP contribution in [0.25, 0.3) is 0 Å². The largest absolute Gasteiger partial charge is 0.497 e. The van der Waals surface area contributed by atoms with Crippen molar-refractivity contribution in [2.75, 3.05) is 13.7 Å². The molecule has 3 atom stereocenters. The van der Waals surface area contributed by atoms with E-state index in [4.69, 9.17) is 15.2 Å². The number of methoxy groups -OCH3 is 1. The standard InChI is InChI=1S/C18H24N2O4/c1-10(2)15(16(19)21)20-17(22)13-9-18(13)6-7-24-14-5-4-11(23-3)8-12(14)18/h4-5,8,10,13,15H,6-7,9H2,1-3H3,(H2,19,21)(H,20,22)/t13-,15+,18-/m1/s1. The van der Waals surface area contributed by atoms with E-state index >= 15 is 0 Å². The third-order valence-corrected chi connectivity index (χ3v) is 5.19. The normalized spacial score (nSPS) is 25.6. The van der Waals surface area contributed by atoms with Gasteiger partial charge in [-0.2, -0.15) is 0 Å². The van der Waals surface area contributed by atoms with Gasteiger partial charge in [0.1, 0.15) is 17.5 Å². The predicted octanol–water partition coefficient (Wildman–Crippen LogP) is 1.36. The van der Waals surface area contributed by atoms with Crippen molar-refractivity contribution >= 4 is 11.8 Å². The fourth-order valence-corrected chi connectivity index (χ4v) is 3.67. The zero-order chi connectivity index (χ0) is 17.5. The number of hydrogen-bond donors (Lipinski definition) is 2. The monoisotopic (exact) mass is 332 g/mol. The van der Waals surface area contributed by atoms with Crippen molar-refractivity contribution < 1.29 is 19.1 Å². The summed E-state index contributed by atoms with van der Waals surface area (Å²) in [5, 5.41) is 2.82. The maximum Gasteiger partial charge on any atom is 0.240 e. The molecule has 0 saturated heterocycles. The molecular formula is C18H24N2O4. The number of carbonyl (C=O) groups is 2. The molecule has 130 valence electrons. The Morgan fingerprint density at radius 1 is 1.42 bits per heavy atom. The van der Waals surface area contributed by atoms with E-state index in [2.05, 4.69) is 5.32 Å². The molecule has 1 fully saturated rings. The summed E-state index contributed by atoms with van der Waals surface area (Å²) in [4.78, 5) is 24.2. The summed E-state index contributed by atoms with van der Waals surface area (Å²) in [7, 11) is 1.62. The third kappa shape index (κ3) is 2.70. The van der Waals surface area contributed by atoms with Gasteiger partial charge in [-0.1, -0.05) is 13.8 Å². The van der Waals surface area contributed by atoms with Crippen molar-refractivity contribution in [1.82, 2.24) is 5.32 Å². The molecule has 0 aromatic heterocycles. The van der Waals surface area contributed by atoms with Crippen LogP contribution in [0.2, 0.25) is 0 Å². The van der Waals surface area contributed by atoms with E-state index in [-0.39, 0.29) is 23.2 Å². The van der Waals surface area contributed by atoms with Crippen LogP contribution < -0.4 is 20.5 Å². The number of nitrogens with one attached hydrogen (secondary N) is 1. The molecule has 1 saturated carbocycles. The minimum atomic E-state index is -0.639. The Morgan fingerprint density at radius 3 is 2.79 bits per heavy atom. The van der Waals surface area contributed by atoms with E-state index in [0.717, 1.165) is 29.9 Å². The van der Waals surface area contributed by atoms with Gasteiger partial charge < -0.3 is 20.5 Å². The molecule has 0 bridgehead atoms. The second kappa shape index (κ2) is 6.00. The molecule has 6 heteroatoms. The van der Waals surface area contributed by atoms with Gasteiger partial charge in [-0.15, -0.1) is 0 Å². The summed E-state index contributed by atoms with van der Waals surface area (Å²) in [5.74, 6) is 0.760. The smallest absolute Gasteiger partial charge is 0.240 e. The molecule has 1 heterocycles. The third-order valence-electron chi connectivity index (χ3n) is 5.19. The molecule has 3 rings (SSSR count). The SMILES string of the molecule is COc1ccc2c(c1)[C@@]1(CCO2)C[C@@H]1C(=O)N[C@H](C(N)=O)C(C)C. The van der Waals surface area contributed by atoms with Gasteiger partial charge in [0.2, 0.25) is 11.8 Å². The Balaban J connectivity index is 1.81. The molecule has 0 radical (unpaired) electrons. The lowest BCUT2D eigenvalue weighted by atomic mass is 9.87. The number of nitrogens with two attached hydrogens (primary N) is 1. The van der Waals surface area contributed by atoms with Crippen molar-refractivity contribution in [3.63, 3.8) is 0 Å². The summed E-state index contributed by atoms with van der Waals surface area (Å²) >= 11 is 0. The molecule has 6 nitrogen and oxygen atoms in total. The lowest BCUT2D eigenvalue weighted by Crippen LogP contribution is -2.48. The molecule has 1 aliphatic heterocycles. The number of benzene rings is 1. The van der Waals surface area contributed by atoms with Gasteiger partial charge in [0, 0.05) is 16.9 Å². The van der Waals surface area contributed by atoms with Crippen LogP contribution in [0.1, 0.15) is 32.3 Å². The van der Waals surface area contributed by atoms with E-state index in [1.54, 1.807) is 7.11 Å². The number of primary amides is 1.